The van der Waals surface area contributed by atoms with Crippen LogP contribution in [0.15, 0.2) is 42.5 Å². The average Bonchev–Trinajstić information content (AvgIpc) is 2.67. The number of hydrogen-bond donors (Lipinski definition) is 1. The maximum absolute atomic E-state index is 14.2. The van der Waals surface area contributed by atoms with E-state index < -0.39 is 11.9 Å². The first kappa shape index (κ1) is 23.2. The third-order valence-electron chi connectivity index (χ3n) is 4.51. The first-order chi connectivity index (χ1) is 13.7. The summed E-state index contributed by atoms with van der Waals surface area (Å²) in [4.78, 5) is 27.1. The molecule has 0 saturated heterocycles. The number of nitrogens with one attached hydrogen (secondary N) is 1. The molecule has 2 aromatic rings. The average molecular weight is 439 g/mol. The molecule has 0 heterocycles. The molecule has 0 saturated carbocycles. The summed E-state index contributed by atoms with van der Waals surface area (Å²) in [6.07, 6.45) is -0.235. The van der Waals surface area contributed by atoms with Crippen molar-refractivity contribution in [3.05, 3.63) is 69.5 Å². The summed E-state index contributed by atoms with van der Waals surface area (Å²) < 4.78 is 14.2. The fraction of sp³-hybridized carbons (Fsp3) is 0.364. The predicted molar refractivity (Wildman–Crippen MR) is 114 cm³/mol. The van der Waals surface area contributed by atoms with E-state index >= 15 is 0 Å². The summed E-state index contributed by atoms with van der Waals surface area (Å²) in [5.74, 6) is -0.919. The predicted octanol–water partition coefficient (Wildman–Crippen LogP) is 4.86. The Balaban J connectivity index is 2.26. The number of rotatable bonds is 8. The normalized spacial score (nSPS) is 12.0. The Labute approximate surface area is 181 Å². The van der Waals surface area contributed by atoms with Crippen molar-refractivity contribution < 1.29 is 14.0 Å². The van der Waals surface area contributed by atoms with E-state index in [4.69, 9.17) is 23.2 Å². The molecular formula is C22H25Cl2FN2O2. The molecule has 29 heavy (non-hydrogen) atoms. The van der Waals surface area contributed by atoms with Gasteiger partial charge in [0.15, 0.2) is 0 Å². The monoisotopic (exact) mass is 438 g/mol. The zero-order valence-corrected chi connectivity index (χ0v) is 18.2. The Morgan fingerprint density at radius 2 is 1.72 bits per heavy atom. The van der Waals surface area contributed by atoms with Crippen molar-refractivity contribution in [1.82, 2.24) is 10.2 Å². The molecule has 0 radical (unpaired) electrons. The topological polar surface area (TPSA) is 49.4 Å². The van der Waals surface area contributed by atoms with E-state index in [0.29, 0.717) is 11.6 Å². The number of nitrogens with zero attached hydrogens (tertiary/aromatic N) is 1. The number of halogens is 3. The molecule has 0 aliphatic heterocycles. The molecule has 7 heteroatoms. The van der Waals surface area contributed by atoms with Gasteiger partial charge in [0.2, 0.25) is 11.8 Å². The van der Waals surface area contributed by atoms with Crippen molar-refractivity contribution in [2.75, 3.05) is 6.54 Å². The molecule has 2 amide bonds. The largest absolute Gasteiger partial charge is 0.354 e. The molecule has 156 valence electrons. The molecule has 1 atom stereocenters. The molecule has 0 bridgehead atoms. The number of amides is 2. The van der Waals surface area contributed by atoms with Crippen LogP contribution in [0.5, 0.6) is 0 Å². The number of benzene rings is 2. The third-order valence-corrected chi connectivity index (χ3v) is 5.11. The molecule has 0 aliphatic rings. The lowest BCUT2D eigenvalue weighted by Crippen LogP contribution is -2.48. The van der Waals surface area contributed by atoms with Gasteiger partial charge in [0.1, 0.15) is 11.9 Å². The molecule has 2 rings (SSSR count). The Hall–Kier alpha value is -2.11. The second-order valence-corrected chi connectivity index (χ2v) is 8.18. The smallest absolute Gasteiger partial charge is 0.242 e. The van der Waals surface area contributed by atoms with Crippen molar-refractivity contribution in [3.63, 3.8) is 0 Å². The van der Waals surface area contributed by atoms with Crippen molar-refractivity contribution >= 4 is 35.0 Å². The summed E-state index contributed by atoms with van der Waals surface area (Å²) in [5, 5.41) is 3.60. The molecule has 1 N–H and O–H groups in total. The van der Waals surface area contributed by atoms with Crippen LogP contribution in [0.1, 0.15) is 31.9 Å². The maximum atomic E-state index is 14.2. The second kappa shape index (κ2) is 10.6. The number of hydrogen-bond acceptors (Lipinski definition) is 2. The SMILES string of the molecule is CC(C)CNC(=O)[C@@H](C)N(Cc1ccc(Cl)cc1)C(=O)Cc1c(F)cccc1Cl. The summed E-state index contributed by atoms with van der Waals surface area (Å²) in [5.41, 5.74) is 0.931. The van der Waals surface area contributed by atoms with Gasteiger partial charge >= 0.3 is 0 Å². The van der Waals surface area contributed by atoms with Crippen LogP contribution >= 0.6 is 23.2 Å². The first-order valence-electron chi connectivity index (χ1n) is 9.43. The van der Waals surface area contributed by atoms with Crippen LogP contribution < -0.4 is 5.32 Å². The van der Waals surface area contributed by atoms with Crippen molar-refractivity contribution in [3.8, 4) is 0 Å². The molecule has 0 unspecified atom stereocenters. The zero-order chi connectivity index (χ0) is 21.6. The number of carbonyl (C=O) groups is 2. The fourth-order valence-electron chi connectivity index (χ4n) is 2.78. The van der Waals surface area contributed by atoms with Gasteiger partial charge in [0, 0.05) is 28.7 Å². The van der Waals surface area contributed by atoms with Crippen LogP contribution in [-0.4, -0.2) is 29.3 Å². The summed E-state index contributed by atoms with van der Waals surface area (Å²) in [7, 11) is 0. The Morgan fingerprint density at radius 1 is 1.07 bits per heavy atom. The highest BCUT2D eigenvalue weighted by atomic mass is 35.5. The van der Waals surface area contributed by atoms with Gasteiger partial charge in [-0.2, -0.15) is 0 Å². The minimum Gasteiger partial charge on any atom is -0.354 e. The van der Waals surface area contributed by atoms with Gasteiger partial charge in [-0.25, -0.2) is 4.39 Å². The minimum atomic E-state index is -0.734. The van der Waals surface area contributed by atoms with Crippen LogP contribution in [0.4, 0.5) is 4.39 Å². The maximum Gasteiger partial charge on any atom is 0.242 e. The van der Waals surface area contributed by atoms with E-state index in [1.807, 2.05) is 13.8 Å². The standard InChI is InChI=1S/C22H25Cl2FN2O2/c1-14(2)12-26-22(29)15(3)27(13-16-7-9-17(23)10-8-16)21(28)11-18-19(24)5-4-6-20(18)25/h4-10,14-15H,11-13H2,1-3H3,(H,26,29)/t15-/m1/s1. The first-order valence-corrected chi connectivity index (χ1v) is 10.2. The Morgan fingerprint density at radius 3 is 2.31 bits per heavy atom. The lowest BCUT2D eigenvalue weighted by Gasteiger charge is -2.29. The third kappa shape index (κ3) is 6.72. The van der Waals surface area contributed by atoms with Crippen LogP contribution in [-0.2, 0) is 22.6 Å². The zero-order valence-electron chi connectivity index (χ0n) is 16.7. The highest BCUT2D eigenvalue weighted by Gasteiger charge is 2.27. The van der Waals surface area contributed by atoms with E-state index in [-0.39, 0.29) is 41.3 Å². The van der Waals surface area contributed by atoms with E-state index in [1.165, 1.54) is 23.1 Å². The van der Waals surface area contributed by atoms with Gasteiger partial charge in [0.25, 0.3) is 0 Å². The lowest BCUT2D eigenvalue weighted by molar-refractivity contribution is -0.140. The van der Waals surface area contributed by atoms with Gasteiger partial charge in [0.05, 0.1) is 6.42 Å². The van der Waals surface area contributed by atoms with Gasteiger partial charge in [-0.1, -0.05) is 55.2 Å². The molecule has 0 aliphatic carbocycles. The van der Waals surface area contributed by atoms with Gasteiger partial charge in [-0.05, 0) is 42.7 Å². The Bertz CT molecular complexity index is 836. The highest BCUT2D eigenvalue weighted by Crippen LogP contribution is 2.22. The number of carbonyl (C=O) groups excluding carboxylic acids is 2. The van der Waals surface area contributed by atoms with E-state index in [1.54, 1.807) is 31.2 Å². The molecule has 0 spiro atoms. The lowest BCUT2D eigenvalue weighted by atomic mass is 10.1. The quantitative estimate of drug-likeness (QED) is 0.639. The molecule has 0 fully saturated rings. The van der Waals surface area contributed by atoms with E-state index in [2.05, 4.69) is 5.32 Å². The van der Waals surface area contributed by atoms with E-state index in [0.717, 1.165) is 5.56 Å². The van der Waals surface area contributed by atoms with Crippen LogP contribution in [0.25, 0.3) is 0 Å². The summed E-state index contributed by atoms with van der Waals surface area (Å²) >= 11 is 12.0. The Kier molecular flexibility index (Phi) is 8.47. The van der Waals surface area contributed by atoms with Gasteiger partial charge in [-0.3, -0.25) is 9.59 Å². The van der Waals surface area contributed by atoms with Crippen LogP contribution in [0, 0.1) is 11.7 Å². The minimum absolute atomic E-state index is 0.120. The van der Waals surface area contributed by atoms with Crippen molar-refractivity contribution in [2.24, 2.45) is 5.92 Å². The van der Waals surface area contributed by atoms with Crippen LogP contribution in [0.2, 0.25) is 10.0 Å². The molecule has 2 aromatic carbocycles. The summed E-state index contributed by atoms with van der Waals surface area (Å²) in [6, 6.07) is 10.6. The van der Waals surface area contributed by atoms with Gasteiger partial charge < -0.3 is 10.2 Å². The molecule has 4 nitrogen and oxygen atoms in total. The van der Waals surface area contributed by atoms with Crippen LogP contribution in [0.3, 0.4) is 0 Å². The van der Waals surface area contributed by atoms with Crippen molar-refractivity contribution in [1.29, 1.82) is 0 Å². The second-order valence-electron chi connectivity index (χ2n) is 7.34. The van der Waals surface area contributed by atoms with E-state index in [9.17, 15) is 14.0 Å². The molecular weight excluding hydrogens is 414 g/mol. The highest BCUT2D eigenvalue weighted by molar-refractivity contribution is 6.31. The van der Waals surface area contributed by atoms with Gasteiger partial charge in [-0.15, -0.1) is 0 Å². The van der Waals surface area contributed by atoms with Crippen molar-refractivity contribution in [2.45, 2.75) is 39.8 Å². The fourth-order valence-corrected chi connectivity index (χ4v) is 3.13. The molecule has 0 aromatic heterocycles. The summed E-state index contributed by atoms with van der Waals surface area (Å²) in [6.45, 7) is 6.33.